The monoisotopic (exact) mass is 1500 g/mol. The lowest BCUT2D eigenvalue weighted by molar-refractivity contribution is -0.154. The highest BCUT2D eigenvalue weighted by Gasteiger charge is 2.44. The average molecular weight is 1500 g/mol. The number of methoxy groups -OCH3 is 2. The lowest BCUT2D eigenvalue weighted by atomic mass is 9.89. The third kappa shape index (κ3) is 25.8. The summed E-state index contributed by atoms with van der Waals surface area (Å²) in [4.78, 5) is 176. The molecule has 0 spiro atoms. The molecule has 578 valence electrons. The van der Waals surface area contributed by atoms with Crippen molar-refractivity contribution in [2.45, 2.75) is 169 Å². The van der Waals surface area contributed by atoms with Crippen molar-refractivity contribution in [2.24, 2.45) is 41.2 Å². The Hall–Kier alpha value is -8.74. The second-order valence-corrected chi connectivity index (χ2v) is 29.9. The highest BCUT2D eigenvalue weighted by atomic mass is 32.2. The van der Waals surface area contributed by atoms with Crippen molar-refractivity contribution in [3.63, 3.8) is 0 Å². The van der Waals surface area contributed by atoms with Crippen LogP contribution in [0.2, 0.25) is 0 Å². The summed E-state index contributed by atoms with van der Waals surface area (Å²) in [7, 11) is 6.20. The predicted molar refractivity (Wildman–Crippen MR) is 402 cm³/mol. The highest BCUT2D eigenvalue weighted by molar-refractivity contribution is 7.99. The van der Waals surface area contributed by atoms with E-state index in [2.05, 4.69) is 44.7 Å². The van der Waals surface area contributed by atoms with E-state index in [1.54, 1.807) is 70.0 Å². The largest absolute Gasteiger partial charge is 0.484 e. The van der Waals surface area contributed by atoms with Crippen LogP contribution in [0.1, 0.15) is 130 Å². The zero-order valence-corrected chi connectivity index (χ0v) is 64.8. The number of carbonyl (C=O) groups excluding carboxylic acids is 12. The number of nitrogens with one attached hydrogen (secondary N) is 5. The Kier molecular flexibility index (Phi) is 35.6. The molecular formula is C75H111N13O15S2. The maximum Gasteiger partial charge on any atom is 0.312 e. The Morgan fingerprint density at radius 2 is 1.39 bits per heavy atom. The van der Waals surface area contributed by atoms with Crippen molar-refractivity contribution in [1.29, 1.82) is 0 Å². The van der Waals surface area contributed by atoms with Gasteiger partial charge >= 0.3 is 6.03 Å². The standard InChI is InChI=1S/C75H111N13O15S2/c1-16-49(10)68(58(101-14)40-63(94)88-35-23-27-56(88)69(102-15)50(11)70(96)80-55(73-77-34-37-105-73)38-51-24-20-19-21-25-51)84(13)74(99)66(47(6)7)82-72(98)67(48(8)9)83(12)64(95)41-103-54-30-28-53(29-31-54)79-71(97)52(26-22-33-78-75(76)100)39-57(89)65(46(4)5)81-59(90)42-104-36-32-62(93)87-44-85(60(91)17-2)43-86(45-87)61(92)18-3/h17-21,24-25,28-31,34,37,46-50,52,55-56,58,65-69H,2-3,16,22-23,26-27,32-33,35-36,38-45H2,1,4-15H3,(H,79,97)(H,80,96)(H,81,90)(H,82,98)(H3,76,78,100)/t49-,50+,52+,55-,56-,58+,65-,66-,67-,68-,69+/m0/s1. The second kappa shape index (κ2) is 43.0. The fraction of sp³-hybridized carbons (Fsp3) is 0.587. The van der Waals surface area contributed by atoms with E-state index in [1.807, 2.05) is 70.3 Å². The van der Waals surface area contributed by atoms with Crippen molar-refractivity contribution < 1.29 is 71.7 Å². The molecule has 3 heterocycles. The van der Waals surface area contributed by atoms with Crippen LogP contribution in [0.4, 0.5) is 10.5 Å². The van der Waals surface area contributed by atoms with Gasteiger partial charge in [-0.05, 0) is 97.8 Å². The molecule has 0 unspecified atom stereocenters. The number of nitrogens with zero attached hydrogens (tertiary/aromatic N) is 7. The molecule has 1 aromatic heterocycles. The van der Waals surface area contributed by atoms with Crippen molar-refractivity contribution in [3.05, 3.63) is 102 Å². The first-order chi connectivity index (χ1) is 49.9. The van der Waals surface area contributed by atoms with Gasteiger partial charge in [-0.1, -0.05) is 112 Å². The maximum atomic E-state index is 14.9. The number of ketones is 1. The number of likely N-dealkylation sites (N-methyl/N-ethyl adjacent to an activating group) is 2. The molecular weight excluding hydrogens is 1390 g/mol. The number of Topliss-reactive ketones (excluding diaryl/α,β-unsaturated/α-hetero) is 1. The van der Waals surface area contributed by atoms with Crippen LogP contribution >= 0.6 is 23.1 Å². The summed E-state index contributed by atoms with van der Waals surface area (Å²) in [6, 6.07) is 10.8. The molecule has 105 heavy (non-hydrogen) atoms. The number of amides is 12. The number of aromatic nitrogens is 1. The number of hydrogen-bond acceptors (Lipinski definition) is 18. The van der Waals surface area contributed by atoms with Crippen molar-refractivity contribution in [3.8, 4) is 5.75 Å². The quantitative estimate of drug-likeness (QED) is 0.0274. The number of likely N-dealkylation sites (tertiary alicyclic amines) is 1. The maximum absolute atomic E-state index is 14.9. The highest BCUT2D eigenvalue weighted by Crippen LogP contribution is 2.32. The lowest BCUT2D eigenvalue weighted by Gasteiger charge is -2.41. The van der Waals surface area contributed by atoms with Crippen LogP contribution in [0.5, 0.6) is 5.75 Å². The summed E-state index contributed by atoms with van der Waals surface area (Å²) in [6.45, 7) is 23.4. The zero-order valence-electron chi connectivity index (χ0n) is 63.2. The van der Waals surface area contributed by atoms with Gasteiger partial charge in [0.05, 0.1) is 74.5 Å². The Bertz CT molecular complexity index is 3390. The summed E-state index contributed by atoms with van der Waals surface area (Å²) < 4.78 is 18.1. The smallest absolute Gasteiger partial charge is 0.312 e. The van der Waals surface area contributed by atoms with Gasteiger partial charge < -0.3 is 75.9 Å². The molecule has 2 aromatic carbocycles. The first-order valence-corrected chi connectivity index (χ1v) is 37.9. The number of benzene rings is 2. The van der Waals surface area contributed by atoms with E-state index in [0.717, 1.165) is 34.5 Å². The number of urea groups is 1. The summed E-state index contributed by atoms with van der Waals surface area (Å²) in [5, 5.41) is 17.0. The summed E-state index contributed by atoms with van der Waals surface area (Å²) in [6.07, 6.45) is 5.03. The molecule has 30 heteroatoms. The van der Waals surface area contributed by atoms with Gasteiger partial charge in [-0.2, -0.15) is 11.8 Å². The number of ether oxygens (including phenoxy) is 3. The molecule has 12 amide bonds. The number of thioether (sulfide) groups is 1. The van der Waals surface area contributed by atoms with Gasteiger partial charge in [0.15, 0.2) is 12.4 Å². The van der Waals surface area contributed by atoms with Gasteiger partial charge in [-0.25, -0.2) is 9.78 Å². The van der Waals surface area contributed by atoms with Gasteiger partial charge in [-0.15, -0.1) is 11.3 Å². The number of rotatable bonds is 42. The molecule has 5 rings (SSSR count). The molecule has 11 atom stereocenters. The fourth-order valence-electron chi connectivity index (χ4n) is 13.3. The van der Waals surface area contributed by atoms with Gasteiger partial charge in [0, 0.05) is 83.2 Å². The molecule has 0 saturated carbocycles. The molecule has 7 N–H and O–H groups in total. The van der Waals surface area contributed by atoms with E-state index in [-0.39, 0.29) is 112 Å². The second-order valence-electron chi connectivity index (χ2n) is 27.9. The van der Waals surface area contributed by atoms with E-state index in [0.29, 0.717) is 37.9 Å². The lowest BCUT2D eigenvalue weighted by Crippen LogP contribution is -2.60. The molecule has 28 nitrogen and oxygen atoms in total. The molecule has 0 aliphatic carbocycles. The zero-order chi connectivity index (χ0) is 77.8. The van der Waals surface area contributed by atoms with Gasteiger partial charge in [0.25, 0.3) is 5.91 Å². The van der Waals surface area contributed by atoms with Gasteiger partial charge in [0.1, 0.15) is 22.8 Å². The van der Waals surface area contributed by atoms with Crippen molar-refractivity contribution >= 4 is 99.7 Å². The minimum absolute atomic E-state index is 0.0122. The van der Waals surface area contributed by atoms with Crippen LogP contribution < -0.4 is 37.1 Å². The minimum Gasteiger partial charge on any atom is -0.484 e. The number of nitrogens with two attached hydrogens (primary N) is 1. The normalized spacial score (nSPS) is 16.6. The molecule has 0 radical (unpaired) electrons. The first-order valence-electron chi connectivity index (χ1n) is 35.9. The summed E-state index contributed by atoms with van der Waals surface area (Å²) in [5.74, 6) is -7.25. The molecule has 2 saturated heterocycles. The van der Waals surface area contributed by atoms with Crippen LogP contribution in [-0.4, -0.2) is 227 Å². The number of carbonyl (C=O) groups is 12. The Balaban J connectivity index is 1.17. The third-order valence-corrected chi connectivity index (χ3v) is 21.1. The van der Waals surface area contributed by atoms with Crippen LogP contribution in [0.15, 0.2) is 91.5 Å². The molecule has 3 aromatic rings. The van der Waals surface area contributed by atoms with Crippen molar-refractivity contribution in [2.75, 3.05) is 84.8 Å². The SMILES string of the molecule is C=CC(=O)N1CN(C(=O)C=C)CN(C(=O)CCSCC(=O)N[C@H](C(=O)C[C@@H](CCCNC(N)=O)C(=O)Nc2ccc(OCC(=O)N(C)[C@H](C(=O)N[C@H](C(=O)N(C)[C@@H]([C@@H](C)CC)[C@@H](CC(=O)N3CCC[C@H]3[C@H](OC)[C@@H](C)C(=O)N[C@@H](Cc3ccccc3)c3nccs3)OC)C(C)C)C(C)C)cc2)C(C)C)C1. The Labute approximate surface area is 626 Å². The Morgan fingerprint density at radius 3 is 1.95 bits per heavy atom. The van der Waals surface area contributed by atoms with Crippen LogP contribution in [0, 0.1) is 35.5 Å². The van der Waals surface area contributed by atoms with E-state index < -0.39 is 126 Å². The van der Waals surface area contributed by atoms with Crippen molar-refractivity contribution in [1.82, 2.24) is 55.7 Å². The predicted octanol–water partition coefficient (Wildman–Crippen LogP) is 6.14. The van der Waals surface area contributed by atoms with Gasteiger partial charge in [0.2, 0.25) is 53.2 Å². The van der Waals surface area contributed by atoms with E-state index in [1.165, 1.54) is 57.2 Å². The first kappa shape index (κ1) is 86.9. The topological polar surface area (TPSA) is 351 Å². The van der Waals surface area contributed by atoms with Crippen LogP contribution in [0.25, 0.3) is 0 Å². The number of hydrogen-bond donors (Lipinski definition) is 6. The van der Waals surface area contributed by atoms with E-state index >= 15 is 0 Å². The van der Waals surface area contributed by atoms with E-state index in [9.17, 15) is 57.5 Å². The molecule has 2 aliphatic rings. The van der Waals surface area contributed by atoms with Crippen LogP contribution in [0.3, 0.4) is 0 Å². The summed E-state index contributed by atoms with van der Waals surface area (Å²) >= 11 is 2.62. The minimum atomic E-state index is -1.06. The molecule has 2 fully saturated rings. The third-order valence-electron chi connectivity index (χ3n) is 19.3. The Morgan fingerprint density at radius 1 is 0.752 bits per heavy atom. The summed E-state index contributed by atoms with van der Waals surface area (Å²) in [5.41, 5.74) is 6.66. The van der Waals surface area contributed by atoms with E-state index in [4.69, 9.17) is 19.9 Å². The van der Waals surface area contributed by atoms with Gasteiger partial charge in [-0.3, -0.25) is 52.7 Å². The number of thiazole rings is 1. The number of primary amides is 1. The fourth-order valence-corrected chi connectivity index (χ4v) is 14.7. The molecule has 2 aliphatic heterocycles. The molecule has 0 bridgehead atoms. The number of anilines is 1. The van der Waals surface area contributed by atoms with Crippen LogP contribution in [-0.2, 0) is 68.6 Å². The average Bonchev–Trinajstić information content (AvgIpc) is 1.80.